The Morgan fingerprint density at radius 1 is 1.21 bits per heavy atom. The van der Waals surface area contributed by atoms with E-state index in [1.807, 2.05) is 12.1 Å². The largest absolute Gasteiger partial charge is 0.458 e. The van der Waals surface area contributed by atoms with Crippen LogP contribution in [0.15, 0.2) is 30.4 Å². The molecule has 2 nitrogen and oxygen atoms in total. The van der Waals surface area contributed by atoms with E-state index < -0.39 is 0 Å². The van der Waals surface area contributed by atoms with Crippen LogP contribution in [0.4, 0.5) is 0 Å². The minimum atomic E-state index is -0.303. The summed E-state index contributed by atoms with van der Waals surface area (Å²) in [5, 5.41) is 1.34. The molecule has 1 unspecified atom stereocenters. The van der Waals surface area contributed by atoms with Crippen LogP contribution in [0.2, 0.25) is 10.0 Å². The monoisotopic (exact) mass is 362 g/mol. The van der Waals surface area contributed by atoms with E-state index in [0.717, 1.165) is 25.7 Å². The van der Waals surface area contributed by atoms with Crippen molar-refractivity contribution in [3.05, 3.63) is 46.0 Å². The molecule has 0 heterocycles. The molecule has 0 saturated heterocycles. The number of allylic oxidation sites excluding steroid dienone is 2. The van der Waals surface area contributed by atoms with E-state index in [2.05, 4.69) is 19.1 Å². The molecule has 1 spiro atoms. The summed E-state index contributed by atoms with van der Waals surface area (Å²) in [6.45, 7) is 3.81. The fraction of sp³-hybridized carbons (Fsp3) is 0.550. The van der Waals surface area contributed by atoms with Crippen molar-refractivity contribution in [2.24, 2.45) is 16.7 Å². The zero-order valence-corrected chi connectivity index (χ0v) is 15.4. The Kier molecular flexibility index (Phi) is 2.68. The van der Waals surface area contributed by atoms with Crippen molar-refractivity contribution < 1.29 is 9.53 Å². The molecule has 3 fully saturated rings. The molecule has 4 aliphatic rings. The third kappa shape index (κ3) is 1.50. The van der Waals surface area contributed by atoms with Gasteiger partial charge in [0.2, 0.25) is 0 Å². The van der Waals surface area contributed by atoms with Gasteiger partial charge in [-0.3, -0.25) is 4.79 Å². The second kappa shape index (κ2) is 4.22. The number of carbonyl (C=O) groups is 1. The van der Waals surface area contributed by atoms with Crippen LogP contribution in [0.3, 0.4) is 0 Å². The van der Waals surface area contributed by atoms with Gasteiger partial charge in [0.25, 0.3) is 0 Å². The highest BCUT2D eigenvalue weighted by Gasteiger charge is 2.96. The molecule has 1 aromatic carbocycles. The standard InChI is InChI=1S/C20H20Cl2O2/c1-12(23)24-20-11-17(20,2)10-18-5-3-4-6-19(18,16(18)20)13-7-14(21)9-15(22)8-13/h4,6-9,16H,3,5,10-11H2,1-2H3/t16-,17-,18?,19-,20+/m0/s1. The van der Waals surface area contributed by atoms with E-state index in [1.54, 1.807) is 6.07 Å². The zero-order valence-electron chi connectivity index (χ0n) is 13.9. The summed E-state index contributed by atoms with van der Waals surface area (Å²) >= 11 is 12.6. The summed E-state index contributed by atoms with van der Waals surface area (Å²) in [5.74, 6) is 0.183. The van der Waals surface area contributed by atoms with Gasteiger partial charge in [0.1, 0.15) is 5.60 Å². The number of rotatable bonds is 2. The van der Waals surface area contributed by atoms with Gasteiger partial charge in [-0.2, -0.15) is 0 Å². The van der Waals surface area contributed by atoms with E-state index in [1.165, 1.54) is 12.5 Å². The molecule has 126 valence electrons. The molecular weight excluding hydrogens is 343 g/mol. The maximum absolute atomic E-state index is 11.8. The van der Waals surface area contributed by atoms with Crippen molar-refractivity contribution >= 4 is 29.2 Å². The molecule has 24 heavy (non-hydrogen) atoms. The molecule has 0 N–H and O–H groups in total. The summed E-state index contributed by atoms with van der Waals surface area (Å²) in [7, 11) is 0. The van der Waals surface area contributed by atoms with E-state index >= 15 is 0 Å². The first-order valence-electron chi connectivity index (χ1n) is 8.64. The average molecular weight is 363 g/mol. The topological polar surface area (TPSA) is 26.3 Å². The van der Waals surface area contributed by atoms with Crippen LogP contribution >= 0.6 is 23.2 Å². The number of carbonyl (C=O) groups excluding carboxylic acids is 1. The van der Waals surface area contributed by atoms with Gasteiger partial charge < -0.3 is 4.74 Å². The lowest BCUT2D eigenvalue weighted by atomic mass is 9.74. The third-order valence-electron chi connectivity index (χ3n) is 7.27. The number of hydrogen-bond donors (Lipinski definition) is 0. The predicted octanol–water partition coefficient (Wildman–Crippen LogP) is 5.31. The van der Waals surface area contributed by atoms with Crippen LogP contribution in [0, 0.1) is 16.7 Å². The molecule has 5 atom stereocenters. The van der Waals surface area contributed by atoms with Gasteiger partial charge >= 0.3 is 5.97 Å². The maximum atomic E-state index is 11.8. The Labute approximate surface area is 152 Å². The Bertz CT molecular complexity index is 798. The highest BCUT2D eigenvalue weighted by atomic mass is 35.5. The molecule has 0 aromatic heterocycles. The lowest BCUT2D eigenvalue weighted by Crippen LogP contribution is -2.31. The Balaban J connectivity index is 1.68. The summed E-state index contributed by atoms with van der Waals surface area (Å²) in [5.41, 5.74) is 1.13. The van der Waals surface area contributed by atoms with Gasteiger partial charge in [0.15, 0.2) is 0 Å². The number of esters is 1. The molecular formula is C20H20Cl2O2. The van der Waals surface area contributed by atoms with E-state index in [0.29, 0.717) is 16.0 Å². The first-order chi connectivity index (χ1) is 11.3. The summed E-state index contributed by atoms with van der Waals surface area (Å²) in [4.78, 5) is 11.8. The van der Waals surface area contributed by atoms with Crippen LogP contribution in [0.1, 0.15) is 45.1 Å². The minimum absolute atomic E-state index is 0.0781. The van der Waals surface area contributed by atoms with Crippen molar-refractivity contribution in [3.8, 4) is 0 Å². The Morgan fingerprint density at radius 2 is 1.92 bits per heavy atom. The maximum Gasteiger partial charge on any atom is 0.303 e. The molecule has 4 aliphatic carbocycles. The molecule has 0 bridgehead atoms. The van der Waals surface area contributed by atoms with E-state index in [4.69, 9.17) is 27.9 Å². The average Bonchev–Trinajstić information content (AvgIpc) is 3.24. The van der Waals surface area contributed by atoms with Crippen molar-refractivity contribution in [1.82, 2.24) is 0 Å². The first kappa shape index (κ1) is 15.3. The molecule has 0 amide bonds. The summed E-state index contributed by atoms with van der Waals surface area (Å²) < 4.78 is 5.98. The third-order valence-corrected chi connectivity index (χ3v) is 7.71. The van der Waals surface area contributed by atoms with Gasteiger partial charge in [0, 0.05) is 33.7 Å². The molecule has 1 aromatic rings. The molecule has 0 aliphatic heterocycles. The number of fused-ring (bicyclic) bond motifs is 3. The van der Waals surface area contributed by atoms with Crippen molar-refractivity contribution in [2.75, 3.05) is 0 Å². The minimum Gasteiger partial charge on any atom is -0.458 e. The smallest absolute Gasteiger partial charge is 0.303 e. The Hall–Kier alpha value is -0.990. The number of hydrogen-bond acceptors (Lipinski definition) is 2. The highest BCUT2D eigenvalue weighted by molar-refractivity contribution is 6.34. The van der Waals surface area contributed by atoms with Crippen LogP contribution in [0.25, 0.3) is 0 Å². The quantitative estimate of drug-likeness (QED) is 0.526. The summed E-state index contributed by atoms with van der Waals surface area (Å²) in [6.07, 6.45) is 8.98. The zero-order chi connectivity index (χ0) is 17.0. The second-order valence-electron chi connectivity index (χ2n) is 8.45. The number of halogens is 2. The van der Waals surface area contributed by atoms with Crippen molar-refractivity contribution in [2.45, 2.75) is 50.5 Å². The first-order valence-corrected chi connectivity index (χ1v) is 9.39. The van der Waals surface area contributed by atoms with Gasteiger partial charge in [-0.25, -0.2) is 0 Å². The van der Waals surface area contributed by atoms with Gasteiger partial charge in [-0.1, -0.05) is 42.3 Å². The predicted molar refractivity (Wildman–Crippen MR) is 94.3 cm³/mol. The number of benzene rings is 1. The van der Waals surface area contributed by atoms with Crippen LogP contribution in [-0.4, -0.2) is 11.6 Å². The normalized spacial score (nSPS) is 46.8. The lowest BCUT2D eigenvalue weighted by Gasteiger charge is -2.31. The van der Waals surface area contributed by atoms with Crippen molar-refractivity contribution in [1.29, 1.82) is 0 Å². The molecule has 5 rings (SSSR count). The van der Waals surface area contributed by atoms with Crippen molar-refractivity contribution in [3.63, 3.8) is 0 Å². The highest BCUT2D eigenvalue weighted by Crippen LogP contribution is 2.94. The Morgan fingerprint density at radius 3 is 2.58 bits per heavy atom. The van der Waals surface area contributed by atoms with Crippen LogP contribution in [0.5, 0.6) is 0 Å². The molecule has 4 heteroatoms. The van der Waals surface area contributed by atoms with Gasteiger partial charge in [-0.05, 0) is 54.9 Å². The van der Waals surface area contributed by atoms with Gasteiger partial charge in [0.05, 0.1) is 0 Å². The van der Waals surface area contributed by atoms with Crippen LogP contribution in [-0.2, 0) is 14.9 Å². The molecule has 0 radical (unpaired) electrons. The lowest BCUT2D eigenvalue weighted by molar-refractivity contribution is -0.151. The molecule has 3 saturated carbocycles. The fourth-order valence-electron chi connectivity index (χ4n) is 6.71. The number of ether oxygens (including phenoxy) is 1. The SMILES string of the molecule is CC(=O)O[C@@]12C[C@]1(C)CC13CCC=C[C@]1(c1cc(Cl)cc(Cl)c1)[C@H]32. The fourth-order valence-corrected chi connectivity index (χ4v) is 7.23. The van der Waals surface area contributed by atoms with Crippen LogP contribution < -0.4 is 0 Å². The van der Waals surface area contributed by atoms with E-state index in [-0.39, 0.29) is 27.8 Å². The van der Waals surface area contributed by atoms with E-state index in [9.17, 15) is 4.79 Å². The summed E-state index contributed by atoms with van der Waals surface area (Å²) in [6, 6.07) is 5.87. The second-order valence-corrected chi connectivity index (χ2v) is 9.33. The van der Waals surface area contributed by atoms with Gasteiger partial charge in [-0.15, -0.1) is 0 Å².